The zero-order valence-electron chi connectivity index (χ0n) is 11.4. The molecular formula is C16H14N2O2S. The molecule has 3 aromatic rings. The number of H-pyrrole nitrogens is 1. The lowest BCUT2D eigenvalue weighted by Gasteiger charge is -2.06. The van der Waals surface area contributed by atoms with Gasteiger partial charge in [-0.05, 0) is 19.1 Å². The maximum atomic E-state index is 12.7. The summed E-state index contributed by atoms with van der Waals surface area (Å²) in [6, 6.07) is 16.1. The van der Waals surface area contributed by atoms with Crippen molar-refractivity contribution in [3.63, 3.8) is 0 Å². The molecule has 0 radical (unpaired) electrons. The number of sulfone groups is 1. The van der Waals surface area contributed by atoms with Gasteiger partial charge in [-0.1, -0.05) is 48.0 Å². The lowest BCUT2D eigenvalue weighted by Crippen LogP contribution is -2.02. The van der Waals surface area contributed by atoms with Gasteiger partial charge in [-0.25, -0.2) is 8.42 Å². The Kier molecular flexibility index (Phi) is 3.35. The average Bonchev–Trinajstić information content (AvgIpc) is 2.99. The third-order valence-electron chi connectivity index (χ3n) is 3.29. The lowest BCUT2D eigenvalue weighted by atomic mass is 10.2. The fourth-order valence-electron chi connectivity index (χ4n) is 2.13. The van der Waals surface area contributed by atoms with Crippen molar-refractivity contribution in [2.75, 3.05) is 0 Å². The number of hydrogen-bond donors (Lipinski definition) is 1. The molecule has 1 aromatic heterocycles. The van der Waals surface area contributed by atoms with E-state index in [4.69, 9.17) is 0 Å². The van der Waals surface area contributed by atoms with Crippen LogP contribution in [0.15, 0.2) is 70.6 Å². The van der Waals surface area contributed by atoms with Crippen LogP contribution in [0.1, 0.15) is 5.56 Å². The van der Waals surface area contributed by atoms with Gasteiger partial charge >= 0.3 is 0 Å². The average molecular weight is 298 g/mol. The molecule has 4 nitrogen and oxygen atoms in total. The predicted octanol–water partition coefficient (Wildman–Crippen LogP) is 3.22. The Labute approximate surface area is 123 Å². The monoisotopic (exact) mass is 298 g/mol. The van der Waals surface area contributed by atoms with E-state index >= 15 is 0 Å². The molecule has 3 rings (SSSR count). The Morgan fingerprint density at radius 1 is 0.952 bits per heavy atom. The summed E-state index contributed by atoms with van der Waals surface area (Å²) in [5.74, 6) is 0. The topological polar surface area (TPSA) is 62.8 Å². The Morgan fingerprint density at radius 3 is 2.29 bits per heavy atom. The van der Waals surface area contributed by atoms with E-state index in [2.05, 4.69) is 10.2 Å². The van der Waals surface area contributed by atoms with Gasteiger partial charge in [0.1, 0.15) is 4.90 Å². The molecule has 0 spiro atoms. The van der Waals surface area contributed by atoms with Crippen LogP contribution in [0.3, 0.4) is 0 Å². The molecule has 0 bridgehead atoms. The number of nitrogens with zero attached hydrogens (tertiary/aromatic N) is 1. The van der Waals surface area contributed by atoms with Crippen molar-refractivity contribution < 1.29 is 8.42 Å². The second kappa shape index (κ2) is 5.18. The molecular weight excluding hydrogens is 284 g/mol. The number of rotatable bonds is 3. The van der Waals surface area contributed by atoms with Crippen molar-refractivity contribution >= 4 is 9.84 Å². The Balaban J connectivity index is 2.13. The first-order valence-electron chi connectivity index (χ1n) is 6.49. The number of aromatic amines is 1. The molecule has 0 saturated carbocycles. The molecule has 0 aliphatic heterocycles. The summed E-state index contributed by atoms with van der Waals surface area (Å²) in [6.07, 6.45) is 1.36. The van der Waals surface area contributed by atoms with Crippen LogP contribution in [0.2, 0.25) is 0 Å². The third-order valence-corrected chi connectivity index (χ3v) is 5.07. The minimum absolute atomic E-state index is 0.192. The highest BCUT2D eigenvalue weighted by atomic mass is 32.2. The van der Waals surface area contributed by atoms with Crippen molar-refractivity contribution in [1.82, 2.24) is 10.2 Å². The Morgan fingerprint density at radius 2 is 1.62 bits per heavy atom. The van der Waals surface area contributed by atoms with E-state index in [1.54, 1.807) is 24.3 Å². The molecule has 5 heteroatoms. The molecule has 2 aromatic carbocycles. The van der Waals surface area contributed by atoms with Gasteiger partial charge < -0.3 is 0 Å². The standard InChI is InChI=1S/C16H14N2O2S/c1-12-7-9-14(10-8-12)21(19,20)15-11-17-18-16(15)13-5-3-2-4-6-13/h2-11H,1H3,(H,17,18). The van der Waals surface area contributed by atoms with Gasteiger partial charge in [-0.3, -0.25) is 5.10 Å². The molecule has 0 fully saturated rings. The largest absolute Gasteiger partial charge is 0.276 e. The van der Waals surface area contributed by atoms with E-state index < -0.39 is 9.84 Å². The summed E-state index contributed by atoms with van der Waals surface area (Å²) in [4.78, 5) is 0.462. The predicted molar refractivity (Wildman–Crippen MR) is 80.7 cm³/mol. The minimum Gasteiger partial charge on any atom is -0.276 e. The van der Waals surface area contributed by atoms with Crippen LogP contribution >= 0.6 is 0 Å². The van der Waals surface area contributed by atoms with Gasteiger partial charge in [-0.2, -0.15) is 5.10 Å². The van der Waals surface area contributed by atoms with Crippen molar-refractivity contribution in [3.8, 4) is 11.3 Å². The van der Waals surface area contributed by atoms with Gasteiger partial charge in [0.05, 0.1) is 16.8 Å². The first kappa shape index (κ1) is 13.6. The Bertz CT molecular complexity index is 851. The van der Waals surface area contributed by atoms with Crippen molar-refractivity contribution in [2.24, 2.45) is 0 Å². The number of aromatic nitrogens is 2. The molecule has 0 amide bonds. The fourth-order valence-corrected chi connectivity index (χ4v) is 3.51. The maximum absolute atomic E-state index is 12.7. The molecule has 0 aliphatic carbocycles. The van der Waals surface area contributed by atoms with Crippen LogP contribution in [0.4, 0.5) is 0 Å². The molecule has 21 heavy (non-hydrogen) atoms. The normalized spacial score (nSPS) is 11.5. The van der Waals surface area contributed by atoms with E-state index in [0.29, 0.717) is 5.69 Å². The molecule has 106 valence electrons. The Hall–Kier alpha value is -2.40. The summed E-state index contributed by atoms with van der Waals surface area (Å²) >= 11 is 0. The molecule has 1 heterocycles. The molecule has 0 aliphatic rings. The lowest BCUT2D eigenvalue weighted by molar-refractivity contribution is 0.596. The van der Waals surface area contributed by atoms with Crippen LogP contribution in [0.5, 0.6) is 0 Å². The summed E-state index contributed by atoms with van der Waals surface area (Å²) in [7, 11) is -3.58. The van der Waals surface area contributed by atoms with Crippen LogP contribution in [0.25, 0.3) is 11.3 Å². The summed E-state index contributed by atoms with van der Waals surface area (Å²) in [6.45, 7) is 1.92. The van der Waals surface area contributed by atoms with Gasteiger partial charge in [0.2, 0.25) is 9.84 Å². The van der Waals surface area contributed by atoms with Crippen LogP contribution < -0.4 is 0 Å². The van der Waals surface area contributed by atoms with Crippen molar-refractivity contribution in [2.45, 2.75) is 16.7 Å². The minimum atomic E-state index is -3.58. The highest BCUT2D eigenvalue weighted by Gasteiger charge is 2.23. The first-order chi connectivity index (χ1) is 10.1. The smallest absolute Gasteiger partial charge is 0.210 e. The maximum Gasteiger partial charge on any atom is 0.210 e. The van der Waals surface area contributed by atoms with Crippen LogP contribution in [-0.4, -0.2) is 18.6 Å². The second-order valence-electron chi connectivity index (χ2n) is 4.79. The van der Waals surface area contributed by atoms with Crippen molar-refractivity contribution in [1.29, 1.82) is 0 Å². The summed E-state index contributed by atoms with van der Waals surface area (Å²) in [5.41, 5.74) is 2.32. The highest BCUT2D eigenvalue weighted by Crippen LogP contribution is 2.29. The van der Waals surface area contributed by atoms with E-state index in [1.165, 1.54) is 6.20 Å². The highest BCUT2D eigenvalue weighted by molar-refractivity contribution is 7.91. The van der Waals surface area contributed by atoms with E-state index in [-0.39, 0.29) is 9.79 Å². The zero-order chi connectivity index (χ0) is 14.9. The van der Waals surface area contributed by atoms with Crippen LogP contribution in [-0.2, 0) is 9.84 Å². The van der Waals surface area contributed by atoms with Crippen LogP contribution in [0, 0.1) is 6.92 Å². The molecule has 0 atom stereocenters. The van der Waals surface area contributed by atoms with Gasteiger partial charge in [0.15, 0.2) is 0 Å². The quantitative estimate of drug-likeness (QED) is 0.807. The van der Waals surface area contributed by atoms with Gasteiger partial charge in [0.25, 0.3) is 0 Å². The summed E-state index contributed by atoms with van der Waals surface area (Å²) < 4.78 is 25.5. The third kappa shape index (κ3) is 2.48. The number of nitrogens with one attached hydrogen (secondary N) is 1. The molecule has 0 saturated heterocycles. The zero-order valence-corrected chi connectivity index (χ0v) is 12.3. The second-order valence-corrected chi connectivity index (χ2v) is 6.71. The molecule has 1 N–H and O–H groups in total. The molecule has 0 unspecified atom stereocenters. The van der Waals surface area contributed by atoms with Gasteiger partial charge in [0, 0.05) is 5.56 Å². The van der Waals surface area contributed by atoms with Gasteiger partial charge in [-0.15, -0.1) is 0 Å². The van der Waals surface area contributed by atoms with Crippen molar-refractivity contribution in [3.05, 3.63) is 66.4 Å². The van der Waals surface area contributed by atoms with E-state index in [0.717, 1.165) is 11.1 Å². The fraction of sp³-hybridized carbons (Fsp3) is 0.0625. The SMILES string of the molecule is Cc1ccc(S(=O)(=O)c2cn[nH]c2-c2ccccc2)cc1. The number of aryl methyl sites for hydroxylation is 1. The first-order valence-corrected chi connectivity index (χ1v) is 7.98. The van der Waals surface area contributed by atoms with E-state index in [1.807, 2.05) is 37.3 Å². The van der Waals surface area contributed by atoms with E-state index in [9.17, 15) is 8.42 Å². The number of hydrogen-bond acceptors (Lipinski definition) is 3. The number of benzene rings is 2. The summed E-state index contributed by atoms with van der Waals surface area (Å²) in [5, 5.41) is 6.68.